The normalized spacial score (nSPS) is 25.6. The molecule has 1 heteroatoms. The predicted octanol–water partition coefficient (Wildman–Crippen LogP) is 5.10. The second-order valence-corrected chi connectivity index (χ2v) is 5.73. The van der Waals surface area contributed by atoms with Gasteiger partial charge in [-0.3, -0.25) is 0 Å². The first-order chi connectivity index (χ1) is 7.74. The molecule has 0 saturated heterocycles. The zero-order valence-corrected chi connectivity index (χ0v) is 10.8. The minimum atomic E-state index is 0.843. The van der Waals surface area contributed by atoms with Crippen molar-refractivity contribution in [3.05, 3.63) is 34.9 Å². The fourth-order valence-electron chi connectivity index (χ4n) is 2.64. The Kier molecular flexibility index (Phi) is 4.29. The molecule has 0 spiro atoms. The quantitative estimate of drug-likeness (QED) is 0.685. The van der Waals surface area contributed by atoms with Gasteiger partial charge in [-0.25, -0.2) is 0 Å². The van der Waals surface area contributed by atoms with Gasteiger partial charge in [0.2, 0.25) is 0 Å². The van der Waals surface area contributed by atoms with Crippen LogP contribution in [0.2, 0.25) is 5.02 Å². The summed E-state index contributed by atoms with van der Waals surface area (Å²) in [5.74, 6) is 1.93. The van der Waals surface area contributed by atoms with Gasteiger partial charge in [0, 0.05) is 5.02 Å². The molecule has 0 aromatic heterocycles. The summed E-state index contributed by atoms with van der Waals surface area (Å²) in [4.78, 5) is 0. The highest BCUT2D eigenvalue weighted by molar-refractivity contribution is 6.30. The van der Waals surface area contributed by atoms with E-state index < -0.39 is 0 Å². The van der Waals surface area contributed by atoms with Gasteiger partial charge < -0.3 is 0 Å². The van der Waals surface area contributed by atoms with E-state index in [2.05, 4.69) is 19.1 Å². The van der Waals surface area contributed by atoms with Gasteiger partial charge in [-0.15, -0.1) is 0 Å². The highest BCUT2D eigenvalue weighted by Crippen LogP contribution is 2.31. The highest BCUT2D eigenvalue weighted by atomic mass is 35.5. The molecular weight excluding hydrogens is 216 g/mol. The monoisotopic (exact) mass is 236 g/mol. The van der Waals surface area contributed by atoms with Gasteiger partial charge in [-0.1, -0.05) is 56.3 Å². The maximum atomic E-state index is 5.88. The molecule has 1 aromatic rings. The van der Waals surface area contributed by atoms with E-state index in [9.17, 15) is 0 Å². The Bertz CT molecular complexity index is 307. The lowest BCUT2D eigenvalue weighted by Crippen LogP contribution is -2.12. The van der Waals surface area contributed by atoms with Crippen molar-refractivity contribution in [1.29, 1.82) is 0 Å². The molecule has 16 heavy (non-hydrogen) atoms. The van der Waals surface area contributed by atoms with E-state index in [0.29, 0.717) is 0 Å². The van der Waals surface area contributed by atoms with Crippen LogP contribution in [0, 0.1) is 11.8 Å². The van der Waals surface area contributed by atoms with Crippen LogP contribution in [0.4, 0.5) is 0 Å². The Morgan fingerprint density at radius 2 is 1.69 bits per heavy atom. The van der Waals surface area contributed by atoms with Gasteiger partial charge in [0.1, 0.15) is 0 Å². The van der Waals surface area contributed by atoms with Crippen LogP contribution < -0.4 is 0 Å². The summed E-state index contributed by atoms with van der Waals surface area (Å²) in [6.45, 7) is 2.38. The van der Waals surface area contributed by atoms with Crippen molar-refractivity contribution < 1.29 is 0 Å². The van der Waals surface area contributed by atoms with Crippen LogP contribution in [-0.4, -0.2) is 0 Å². The van der Waals surface area contributed by atoms with Crippen molar-refractivity contribution in [2.75, 3.05) is 0 Å². The first kappa shape index (κ1) is 12.0. The first-order valence-corrected chi connectivity index (χ1v) is 6.86. The predicted molar refractivity (Wildman–Crippen MR) is 70.9 cm³/mol. The van der Waals surface area contributed by atoms with Gasteiger partial charge in [0.25, 0.3) is 0 Å². The second kappa shape index (κ2) is 5.72. The van der Waals surface area contributed by atoms with Crippen LogP contribution in [0.5, 0.6) is 0 Å². The molecule has 0 aliphatic heterocycles. The third-order valence-electron chi connectivity index (χ3n) is 3.89. The van der Waals surface area contributed by atoms with E-state index >= 15 is 0 Å². The third-order valence-corrected chi connectivity index (χ3v) is 4.14. The van der Waals surface area contributed by atoms with Gasteiger partial charge in [0.05, 0.1) is 0 Å². The van der Waals surface area contributed by atoms with Crippen LogP contribution in [-0.2, 0) is 6.42 Å². The Labute approximate surface area is 104 Å². The molecule has 0 N–H and O–H groups in total. The summed E-state index contributed by atoms with van der Waals surface area (Å²) in [6, 6.07) is 8.32. The van der Waals surface area contributed by atoms with E-state index in [1.807, 2.05) is 12.1 Å². The van der Waals surface area contributed by atoms with Gasteiger partial charge in [-0.05, 0) is 42.4 Å². The second-order valence-electron chi connectivity index (χ2n) is 5.29. The maximum Gasteiger partial charge on any atom is 0.0406 e. The van der Waals surface area contributed by atoms with Crippen molar-refractivity contribution in [2.45, 2.75) is 45.4 Å². The van der Waals surface area contributed by atoms with Crippen LogP contribution >= 0.6 is 11.6 Å². The van der Waals surface area contributed by atoms with Gasteiger partial charge in [-0.2, -0.15) is 0 Å². The number of benzene rings is 1. The van der Waals surface area contributed by atoms with Crippen molar-refractivity contribution >= 4 is 11.6 Å². The molecule has 1 fully saturated rings. The summed E-state index contributed by atoms with van der Waals surface area (Å²) in [6.07, 6.45) is 8.32. The van der Waals surface area contributed by atoms with Crippen molar-refractivity contribution in [3.8, 4) is 0 Å². The molecule has 0 heterocycles. The lowest BCUT2D eigenvalue weighted by Gasteiger charge is -2.26. The van der Waals surface area contributed by atoms with E-state index in [0.717, 1.165) is 16.9 Å². The Balaban J connectivity index is 1.77. The minimum Gasteiger partial charge on any atom is -0.0843 e. The molecule has 1 saturated carbocycles. The molecule has 1 aromatic carbocycles. The number of aryl methyl sites for hydroxylation is 1. The zero-order valence-electron chi connectivity index (χ0n) is 10.1. The van der Waals surface area contributed by atoms with Crippen LogP contribution in [0.25, 0.3) is 0 Å². The van der Waals surface area contributed by atoms with Crippen LogP contribution in [0.3, 0.4) is 0 Å². The van der Waals surface area contributed by atoms with E-state index in [4.69, 9.17) is 11.6 Å². The summed E-state index contributed by atoms with van der Waals surface area (Å²) in [5.41, 5.74) is 1.43. The molecule has 0 unspecified atom stereocenters. The largest absolute Gasteiger partial charge is 0.0843 e. The lowest BCUT2D eigenvalue weighted by atomic mass is 9.80. The molecule has 1 aliphatic carbocycles. The molecule has 88 valence electrons. The smallest absolute Gasteiger partial charge is 0.0406 e. The maximum absolute atomic E-state index is 5.88. The molecule has 1 aliphatic rings. The SMILES string of the molecule is CC1CCC(CCc2ccc(Cl)cc2)CC1. The highest BCUT2D eigenvalue weighted by Gasteiger charge is 2.17. The van der Waals surface area contributed by atoms with Crippen LogP contribution in [0.1, 0.15) is 44.6 Å². The summed E-state index contributed by atoms with van der Waals surface area (Å²) in [7, 11) is 0. The van der Waals surface area contributed by atoms with Crippen LogP contribution in [0.15, 0.2) is 24.3 Å². The minimum absolute atomic E-state index is 0.843. The van der Waals surface area contributed by atoms with Crippen molar-refractivity contribution in [2.24, 2.45) is 11.8 Å². The number of hydrogen-bond donors (Lipinski definition) is 0. The van der Waals surface area contributed by atoms with E-state index in [1.165, 1.54) is 44.1 Å². The standard InChI is InChI=1S/C15H21Cl/c1-12-2-4-13(5-3-12)6-7-14-8-10-15(16)11-9-14/h8-13H,2-7H2,1H3. The number of rotatable bonds is 3. The summed E-state index contributed by atoms with van der Waals surface area (Å²) < 4.78 is 0. The van der Waals surface area contributed by atoms with Crippen molar-refractivity contribution in [1.82, 2.24) is 0 Å². The molecule has 0 radical (unpaired) electrons. The fourth-order valence-corrected chi connectivity index (χ4v) is 2.77. The zero-order chi connectivity index (χ0) is 11.4. The molecule has 0 bridgehead atoms. The van der Waals surface area contributed by atoms with Gasteiger partial charge >= 0.3 is 0 Å². The molecule has 0 atom stereocenters. The van der Waals surface area contributed by atoms with Gasteiger partial charge in [0.15, 0.2) is 0 Å². The third kappa shape index (κ3) is 3.52. The Hall–Kier alpha value is -0.490. The number of hydrogen-bond acceptors (Lipinski definition) is 0. The first-order valence-electron chi connectivity index (χ1n) is 6.48. The Morgan fingerprint density at radius 3 is 2.31 bits per heavy atom. The molecular formula is C15H21Cl. The van der Waals surface area contributed by atoms with E-state index in [-0.39, 0.29) is 0 Å². The number of halogens is 1. The average molecular weight is 237 g/mol. The molecule has 0 nitrogen and oxygen atoms in total. The van der Waals surface area contributed by atoms with Crippen molar-refractivity contribution in [3.63, 3.8) is 0 Å². The topological polar surface area (TPSA) is 0 Å². The lowest BCUT2D eigenvalue weighted by molar-refractivity contribution is 0.278. The van der Waals surface area contributed by atoms with E-state index in [1.54, 1.807) is 0 Å². The summed E-state index contributed by atoms with van der Waals surface area (Å²) >= 11 is 5.88. The molecule has 2 rings (SSSR count). The fraction of sp³-hybridized carbons (Fsp3) is 0.600. The molecule has 0 amide bonds. The Morgan fingerprint density at radius 1 is 1.06 bits per heavy atom. The average Bonchev–Trinajstić information content (AvgIpc) is 2.30. The summed E-state index contributed by atoms with van der Waals surface area (Å²) in [5, 5.41) is 0.843.